The molecule has 5 heteroatoms. The van der Waals surface area contributed by atoms with Crippen molar-refractivity contribution in [3.63, 3.8) is 0 Å². The van der Waals surface area contributed by atoms with Crippen LogP contribution in [-0.2, 0) is 11.3 Å². The molecule has 4 nitrogen and oxygen atoms in total. The Morgan fingerprint density at radius 2 is 2.32 bits per heavy atom. The molecule has 2 N–H and O–H groups in total. The molecule has 1 aromatic heterocycles. The van der Waals surface area contributed by atoms with E-state index in [2.05, 4.69) is 11.4 Å². The first kappa shape index (κ1) is 14.3. The van der Waals surface area contributed by atoms with Crippen molar-refractivity contribution in [3.8, 4) is 0 Å². The van der Waals surface area contributed by atoms with Crippen LogP contribution in [0.4, 0.5) is 4.79 Å². The van der Waals surface area contributed by atoms with Gasteiger partial charge in [-0.05, 0) is 50.7 Å². The largest absolute Gasteiger partial charge is 0.444 e. The average molecular weight is 282 g/mol. The summed E-state index contributed by atoms with van der Waals surface area (Å²) in [6, 6.07) is 2.10. The Morgan fingerprint density at radius 3 is 2.95 bits per heavy atom. The molecule has 0 bridgehead atoms. The molecule has 0 aromatic carbocycles. The van der Waals surface area contributed by atoms with E-state index in [4.69, 9.17) is 10.5 Å². The number of carbonyl (C=O) groups is 1. The molecule has 0 aliphatic carbocycles. The fraction of sp³-hybridized carbons (Fsp3) is 0.643. The Balaban J connectivity index is 2.12. The third kappa shape index (κ3) is 3.48. The van der Waals surface area contributed by atoms with Gasteiger partial charge in [0.15, 0.2) is 0 Å². The summed E-state index contributed by atoms with van der Waals surface area (Å²) in [5.41, 5.74) is 6.47. The highest BCUT2D eigenvalue weighted by Crippen LogP contribution is 2.35. The van der Waals surface area contributed by atoms with Crippen LogP contribution >= 0.6 is 11.3 Å². The number of amides is 1. The molecule has 0 spiro atoms. The molecule has 1 aromatic rings. The number of thiophene rings is 1. The van der Waals surface area contributed by atoms with Gasteiger partial charge in [0.05, 0.1) is 6.54 Å². The molecule has 1 atom stereocenters. The van der Waals surface area contributed by atoms with Crippen molar-refractivity contribution in [1.82, 2.24) is 4.90 Å². The van der Waals surface area contributed by atoms with Crippen LogP contribution in [0.1, 0.15) is 43.6 Å². The Morgan fingerprint density at radius 1 is 1.58 bits per heavy atom. The molecule has 1 unspecified atom stereocenters. The lowest BCUT2D eigenvalue weighted by molar-refractivity contribution is 0.0205. The molecule has 0 fully saturated rings. The summed E-state index contributed by atoms with van der Waals surface area (Å²) in [4.78, 5) is 15.3. The van der Waals surface area contributed by atoms with E-state index >= 15 is 0 Å². The van der Waals surface area contributed by atoms with Gasteiger partial charge in [-0.3, -0.25) is 0 Å². The first-order valence-corrected chi connectivity index (χ1v) is 7.53. The van der Waals surface area contributed by atoms with Crippen molar-refractivity contribution in [2.75, 3.05) is 13.1 Å². The zero-order valence-electron chi connectivity index (χ0n) is 11.8. The highest BCUT2D eigenvalue weighted by atomic mass is 32.1. The number of hydrogen-bond acceptors (Lipinski definition) is 4. The van der Waals surface area contributed by atoms with Crippen LogP contribution in [0, 0.1) is 0 Å². The number of hydrogen-bond donors (Lipinski definition) is 1. The van der Waals surface area contributed by atoms with Crippen LogP contribution in [0.25, 0.3) is 0 Å². The zero-order chi connectivity index (χ0) is 14.0. The van der Waals surface area contributed by atoms with Crippen LogP contribution in [-0.4, -0.2) is 29.7 Å². The lowest BCUT2D eigenvalue weighted by Gasteiger charge is -2.34. The van der Waals surface area contributed by atoms with Crippen molar-refractivity contribution in [2.24, 2.45) is 5.73 Å². The van der Waals surface area contributed by atoms with E-state index in [-0.39, 0.29) is 6.09 Å². The van der Waals surface area contributed by atoms with E-state index in [1.165, 1.54) is 10.4 Å². The van der Waals surface area contributed by atoms with E-state index < -0.39 is 5.60 Å². The first-order valence-electron chi connectivity index (χ1n) is 6.65. The summed E-state index contributed by atoms with van der Waals surface area (Å²) in [5, 5.41) is 2.09. The molecule has 1 aliphatic heterocycles. The molecular formula is C14H22N2O2S. The Kier molecular flexibility index (Phi) is 4.16. The summed E-state index contributed by atoms with van der Waals surface area (Å²) in [6.07, 6.45) is 0.679. The van der Waals surface area contributed by atoms with Crippen LogP contribution in [0.15, 0.2) is 11.4 Å². The number of rotatable bonds is 2. The topological polar surface area (TPSA) is 55.6 Å². The van der Waals surface area contributed by atoms with Crippen molar-refractivity contribution in [3.05, 3.63) is 21.9 Å². The highest BCUT2D eigenvalue weighted by Gasteiger charge is 2.31. The normalized spacial score (nSPS) is 19.2. The van der Waals surface area contributed by atoms with Crippen LogP contribution in [0.3, 0.4) is 0 Å². The van der Waals surface area contributed by atoms with Crippen molar-refractivity contribution < 1.29 is 9.53 Å². The van der Waals surface area contributed by atoms with E-state index in [0.717, 1.165) is 6.42 Å². The van der Waals surface area contributed by atoms with Gasteiger partial charge in [-0.25, -0.2) is 4.79 Å². The Hall–Kier alpha value is -1.07. The van der Waals surface area contributed by atoms with Gasteiger partial charge in [0.2, 0.25) is 0 Å². The molecule has 19 heavy (non-hydrogen) atoms. The fourth-order valence-corrected chi connectivity index (χ4v) is 3.39. The van der Waals surface area contributed by atoms with Gasteiger partial charge in [-0.15, -0.1) is 11.3 Å². The SMILES string of the molecule is CC(C)(C)OC(=O)N1Cc2ccsc2C(CCN)C1. The van der Waals surface area contributed by atoms with E-state index in [9.17, 15) is 4.79 Å². The van der Waals surface area contributed by atoms with Gasteiger partial charge >= 0.3 is 6.09 Å². The fourth-order valence-electron chi connectivity index (χ4n) is 2.34. The smallest absolute Gasteiger partial charge is 0.410 e. The van der Waals surface area contributed by atoms with Crippen LogP contribution in [0.2, 0.25) is 0 Å². The summed E-state index contributed by atoms with van der Waals surface area (Å²) < 4.78 is 5.45. The molecule has 0 saturated heterocycles. The number of ether oxygens (including phenoxy) is 1. The second kappa shape index (κ2) is 5.51. The van der Waals surface area contributed by atoms with Crippen molar-refractivity contribution in [1.29, 1.82) is 0 Å². The second-order valence-electron chi connectivity index (χ2n) is 5.95. The van der Waals surface area contributed by atoms with E-state index in [0.29, 0.717) is 25.6 Å². The summed E-state index contributed by atoms with van der Waals surface area (Å²) >= 11 is 1.77. The molecule has 1 amide bonds. The number of fused-ring (bicyclic) bond motifs is 1. The predicted molar refractivity (Wildman–Crippen MR) is 77.4 cm³/mol. The summed E-state index contributed by atoms with van der Waals surface area (Å²) in [6.45, 7) is 7.67. The van der Waals surface area contributed by atoms with Gasteiger partial charge < -0.3 is 15.4 Å². The Bertz CT molecular complexity index is 451. The number of nitrogens with zero attached hydrogens (tertiary/aromatic N) is 1. The number of carbonyl (C=O) groups excluding carboxylic acids is 1. The molecule has 0 saturated carbocycles. The summed E-state index contributed by atoms with van der Waals surface area (Å²) in [5.74, 6) is 0.348. The Labute approximate surface area is 118 Å². The van der Waals surface area contributed by atoms with E-state index in [1.54, 1.807) is 16.2 Å². The molecule has 0 radical (unpaired) electrons. The maximum Gasteiger partial charge on any atom is 0.410 e. The van der Waals surface area contributed by atoms with Gasteiger partial charge in [-0.1, -0.05) is 0 Å². The second-order valence-corrected chi connectivity index (χ2v) is 6.89. The lowest BCUT2D eigenvalue weighted by atomic mass is 9.96. The molecule has 2 rings (SSSR count). The molecular weight excluding hydrogens is 260 g/mol. The van der Waals surface area contributed by atoms with E-state index in [1.807, 2.05) is 20.8 Å². The molecule has 2 heterocycles. The number of nitrogens with two attached hydrogens (primary N) is 1. The quantitative estimate of drug-likeness (QED) is 0.907. The van der Waals surface area contributed by atoms with Crippen molar-refractivity contribution in [2.45, 2.75) is 45.3 Å². The van der Waals surface area contributed by atoms with Gasteiger partial charge in [-0.2, -0.15) is 0 Å². The van der Waals surface area contributed by atoms with Crippen LogP contribution in [0.5, 0.6) is 0 Å². The van der Waals surface area contributed by atoms with Gasteiger partial charge in [0, 0.05) is 17.3 Å². The van der Waals surface area contributed by atoms with Crippen LogP contribution < -0.4 is 5.73 Å². The van der Waals surface area contributed by atoms with Crippen molar-refractivity contribution >= 4 is 17.4 Å². The third-order valence-electron chi connectivity index (χ3n) is 3.12. The minimum atomic E-state index is -0.449. The average Bonchev–Trinajstić information content (AvgIpc) is 2.75. The third-order valence-corrected chi connectivity index (χ3v) is 4.24. The zero-order valence-corrected chi connectivity index (χ0v) is 12.6. The maximum absolute atomic E-state index is 12.2. The molecule has 1 aliphatic rings. The lowest BCUT2D eigenvalue weighted by Crippen LogP contribution is -2.41. The minimum absolute atomic E-state index is 0.230. The highest BCUT2D eigenvalue weighted by molar-refractivity contribution is 7.10. The monoisotopic (exact) mass is 282 g/mol. The van der Waals surface area contributed by atoms with Gasteiger partial charge in [0.25, 0.3) is 0 Å². The first-order chi connectivity index (χ1) is 8.90. The maximum atomic E-state index is 12.2. The molecule has 106 valence electrons. The summed E-state index contributed by atoms with van der Waals surface area (Å²) in [7, 11) is 0. The standard InChI is InChI=1S/C14H22N2O2S/c1-14(2,3)18-13(17)16-8-10(4-6-15)12-11(9-16)5-7-19-12/h5,7,10H,4,6,8-9,15H2,1-3H3. The predicted octanol–water partition coefficient (Wildman–Crippen LogP) is 2.93. The minimum Gasteiger partial charge on any atom is -0.444 e. The van der Waals surface area contributed by atoms with Gasteiger partial charge in [0.1, 0.15) is 5.60 Å².